The quantitative estimate of drug-likeness (QED) is 0.624. The molecular weight excluding hydrogens is 327 g/mol. The number of rotatable bonds is 3. The van der Waals surface area contributed by atoms with Crippen molar-refractivity contribution in [2.45, 2.75) is 26.1 Å². The van der Waals surface area contributed by atoms with Gasteiger partial charge in [-0.25, -0.2) is 0 Å². The van der Waals surface area contributed by atoms with Crippen molar-refractivity contribution in [3.05, 3.63) is 39.4 Å². The van der Waals surface area contributed by atoms with Gasteiger partial charge in [0.1, 0.15) is 6.04 Å². The fraction of sp³-hybridized carbons (Fsp3) is 0.533. The first kappa shape index (κ1) is 18.2. The third-order valence-corrected chi connectivity index (χ3v) is 4.29. The molecule has 2 rings (SSSR count). The van der Waals surface area contributed by atoms with Crippen molar-refractivity contribution in [3.63, 3.8) is 0 Å². The van der Waals surface area contributed by atoms with Gasteiger partial charge in [-0.05, 0) is 19.4 Å². The van der Waals surface area contributed by atoms with Crippen molar-refractivity contribution in [1.29, 1.82) is 0 Å². The van der Waals surface area contributed by atoms with E-state index in [-0.39, 0.29) is 37.4 Å². The summed E-state index contributed by atoms with van der Waals surface area (Å²) in [7, 11) is 0. The van der Waals surface area contributed by atoms with Gasteiger partial charge in [0, 0.05) is 43.9 Å². The maximum Gasteiger partial charge on any atom is 0.403 e. The van der Waals surface area contributed by atoms with Crippen LogP contribution in [-0.2, 0) is 0 Å². The Balaban J connectivity index is 2.08. The lowest BCUT2D eigenvalue weighted by atomic mass is 10.1. The molecule has 132 valence electrons. The highest BCUT2D eigenvalue weighted by atomic mass is 19.4. The van der Waals surface area contributed by atoms with Gasteiger partial charge in [-0.2, -0.15) is 13.2 Å². The van der Waals surface area contributed by atoms with Gasteiger partial charge in [-0.1, -0.05) is 6.07 Å². The van der Waals surface area contributed by atoms with E-state index in [2.05, 4.69) is 0 Å². The van der Waals surface area contributed by atoms with Gasteiger partial charge < -0.3 is 4.90 Å². The second-order valence-electron chi connectivity index (χ2n) is 5.80. The van der Waals surface area contributed by atoms with Gasteiger partial charge in [-0.3, -0.25) is 19.8 Å². The minimum absolute atomic E-state index is 0.111. The summed E-state index contributed by atoms with van der Waals surface area (Å²) in [5.41, 5.74) is 0.617. The van der Waals surface area contributed by atoms with E-state index in [1.807, 2.05) is 0 Å². The average molecular weight is 345 g/mol. The fourth-order valence-electron chi connectivity index (χ4n) is 2.64. The molecule has 1 heterocycles. The second kappa shape index (κ2) is 6.76. The number of hydrogen-bond donors (Lipinski definition) is 0. The SMILES string of the molecule is Cc1ccc([N+](=O)[O-])cc1C(=O)N1CCN(C(C)C(F)(F)F)CC1. The number of nitrogens with zero attached hydrogens (tertiary/aromatic N) is 3. The number of carbonyl (C=O) groups is 1. The zero-order chi connectivity index (χ0) is 18.1. The molecule has 9 heteroatoms. The van der Waals surface area contributed by atoms with Gasteiger partial charge in [0.05, 0.1) is 4.92 Å². The molecule has 1 saturated heterocycles. The molecule has 1 aliphatic heterocycles. The van der Waals surface area contributed by atoms with Crippen LogP contribution in [0.3, 0.4) is 0 Å². The number of hydrogen-bond acceptors (Lipinski definition) is 4. The highest BCUT2D eigenvalue weighted by Gasteiger charge is 2.41. The van der Waals surface area contributed by atoms with E-state index in [0.717, 1.165) is 6.92 Å². The van der Waals surface area contributed by atoms with Gasteiger partial charge in [0.25, 0.3) is 11.6 Å². The van der Waals surface area contributed by atoms with Gasteiger partial charge >= 0.3 is 6.18 Å². The molecule has 1 aromatic rings. The summed E-state index contributed by atoms with van der Waals surface area (Å²) in [5.74, 6) is -0.393. The molecule has 0 N–H and O–H groups in total. The lowest BCUT2D eigenvalue weighted by Gasteiger charge is -2.38. The number of nitro groups is 1. The summed E-state index contributed by atoms with van der Waals surface area (Å²) in [5, 5.41) is 10.8. The molecule has 6 nitrogen and oxygen atoms in total. The molecule has 1 atom stereocenters. The Morgan fingerprint density at radius 2 is 1.83 bits per heavy atom. The summed E-state index contributed by atoms with van der Waals surface area (Å²) in [6.07, 6.45) is -4.30. The molecule has 1 unspecified atom stereocenters. The Bertz CT molecular complexity index is 641. The van der Waals surface area contributed by atoms with Crippen LogP contribution in [-0.4, -0.2) is 59.0 Å². The largest absolute Gasteiger partial charge is 0.403 e. The second-order valence-corrected chi connectivity index (χ2v) is 5.80. The molecular formula is C15H18F3N3O3. The Hall–Kier alpha value is -2.16. The Morgan fingerprint density at radius 1 is 1.25 bits per heavy atom. The summed E-state index contributed by atoms with van der Waals surface area (Å²) < 4.78 is 38.2. The van der Waals surface area contributed by atoms with Crippen molar-refractivity contribution in [3.8, 4) is 0 Å². The van der Waals surface area contributed by atoms with E-state index in [0.29, 0.717) is 5.56 Å². The number of aryl methyl sites for hydroxylation is 1. The monoisotopic (exact) mass is 345 g/mol. The lowest BCUT2D eigenvalue weighted by Crippen LogP contribution is -2.54. The summed E-state index contributed by atoms with van der Waals surface area (Å²) in [4.78, 5) is 25.5. The van der Waals surface area contributed by atoms with Crippen molar-refractivity contribution in [1.82, 2.24) is 9.80 Å². The molecule has 0 radical (unpaired) electrons. The number of carbonyl (C=O) groups excluding carboxylic acids is 1. The summed E-state index contributed by atoms with van der Waals surface area (Å²) in [6, 6.07) is 2.46. The molecule has 1 amide bonds. The molecule has 0 spiro atoms. The van der Waals surface area contributed by atoms with Crippen molar-refractivity contribution < 1.29 is 22.9 Å². The van der Waals surface area contributed by atoms with Crippen molar-refractivity contribution >= 4 is 11.6 Å². The smallest absolute Gasteiger partial charge is 0.336 e. The number of halogens is 3. The van der Waals surface area contributed by atoms with Crippen LogP contribution in [0.2, 0.25) is 0 Å². The molecule has 1 fully saturated rings. The van der Waals surface area contributed by atoms with Crippen LogP contribution in [0.4, 0.5) is 18.9 Å². The number of alkyl halides is 3. The van der Waals surface area contributed by atoms with Crippen LogP contribution < -0.4 is 0 Å². The van der Waals surface area contributed by atoms with Crippen LogP contribution in [0.25, 0.3) is 0 Å². The maximum atomic E-state index is 12.7. The van der Waals surface area contributed by atoms with E-state index < -0.39 is 23.0 Å². The number of benzene rings is 1. The number of amides is 1. The van der Waals surface area contributed by atoms with E-state index in [1.165, 1.54) is 28.0 Å². The molecule has 0 aromatic heterocycles. The third kappa shape index (κ3) is 3.84. The number of piperazine rings is 1. The first-order valence-corrected chi connectivity index (χ1v) is 7.46. The summed E-state index contributed by atoms with van der Waals surface area (Å²) in [6.45, 7) is 3.30. The first-order valence-electron chi connectivity index (χ1n) is 7.46. The molecule has 0 bridgehead atoms. The Labute approximate surface area is 137 Å². The number of nitro benzene ring substituents is 1. The fourth-order valence-corrected chi connectivity index (χ4v) is 2.64. The maximum absolute atomic E-state index is 12.7. The van der Waals surface area contributed by atoms with E-state index in [1.54, 1.807) is 6.92 Å². The van der Waals surface area contributed by atoms with Crippen molar-refractivity contribution in [2.24, 2.45) is 0 Å². The van der Waals surface area contributed by atoms with Gasteiger partial charge in [-0.15, -0.1) is 0 Å². The van der Waals surface area contributed by atoms with E-state index in [4.69, 9.17) is 0 Å². The minimum Gasteiger partial charge on any atom is -0.336 e. The lowest BCUT2D eigenvalue weighted by molar-refractivity contribution is -0.384. The number of non-ortho nitro benzene ring substituents is 1. The van der Waals surface area contributed by atoms with Gasteiger partial charge in [0.15, 0.2) is 0 Å². The first-order chi connectivity index (χ1) is 11.1. The predicted octanol–water partition coefficient (Wildman–Crippen LogP) is 2.61. The third-order valence-electron chi connectivity index (χ3n) is 4.29. The zero-order valence-corrected chi connectivity index (χ0v) is 13.3. The van der Waals surface area contributed by atoms with Crippen LogP contribution in [0, 0.1) is 17.0 Å². The normalized spacial score (nSPS) is 17.6. The highest BCUT2D eigenvalue weighted by molar-refractivity contribution is 5.96. The zero-order valence-electron chi connectivity index (χ0n) is 13.3. The van der Waals surface area contributed by atoms with E-state index in [9.17, 15) is 28.1 Å². The molecule has 1 aromatic carbocycles. The Morgan fingerprint density at radius 3 is 2.33 bits per heavy atom. The van der Waals surface area contributed by atoms with E-state index >= 15 is 0 Å². The van der Waals surface area contributed by atoms with Crippen LogP contribution in [0.5, 0.6) is 0 Å². The van der Waals surface area contributed by atoms with Crippen LogP contribution >= 0.6 is 0 Å². The standard InChI is InChI=1S/C15H18F3N3O3/c1-10-3-4-12(21(23)24)9-13(10)14(22)20-7-5-19(6-8-20)11(2)15(16,17)18/h3-4,9,11H,5-8H2,1-2H3. The summed E-state index contributed by atoms with van der Waals surface area (Å²) >= 11 is 0. The Kier molecular flexibility index (Phi) is 5.12. The average Bonchev–Trinajstić information content (AvgIpc) is 2.53. The van der Waals surface area contributed by atoms with Crippen molar-refractivity contribution in [2.75, 3.05) is 26.2 Å². The highest BCUT2D eigenvalue weighted by Crippen LogP contribution is 2.26. The van der Waals surface area contributed by atoms with Gasteiger partial charge in [0.2, 0.25) is 0 Å². The molecule has 24 heavy (non-hydrogen) atoms. The molecule has 0 saturated carbocycles. The predicted molar refractivity (Wildman–Crippen MR) is 80.8 cm³/mol. The van der Waals surface area contributed by atoms with Crippen LogP contribution in [0.15, 0.2) is 18.2 Å². The topological polar surface area (TPSA) is 66.7 Å². The minimum atomic E-state index is -4.30. The van der Waals surface area contributed by atoms with Crippen LogP contribution in [0.1, 0.15) is 22.8 Å². The molecule has 1 aliphatic rings. The molecule has 0 aliphatic carbocycles.